The molecule has 1 atom stereocenters. The van der Waals surface area contributed by atoms with E-state index < -0.39 is 0 Å². The Kier molecular flexibility index (Phi) is 3.93. The van der Waals surface area contributed by atoms with Crippen molar-refractivity contribution >= 4 is 15.9 Å². The van der Waals surface area contributed by atoms with Gasteiger partial charge in [0.15, 0.2) is 4.67 Å². The third kappa shape index (κ3) is 2.38. The van der Waals surface area contributed by atoms with Crippen LogP contribution in [0.4, 0.5) is 0 Å². The van der Waals surface area contributed by atoms with Crippen LogP contribution in [0.2, 0.25) is 0 Å². The number of rotatable bonds is 3. The zero-order valence-electron chi connectivity index (χ0n) is 11.2. The third-order valence-electron chi connectivity index (χ3n) is 3.27. The van der Waals surface area contributed by atoms with Crippen LogP contribution >= 0.6 is 15.9 Å². The molecule has 0 aliphatic carbocycles. The van der Waals surface area contributed by atoms with Crippen molar-refractivity contribution in [3.05, 3.63) is 56.9 Å². The summed E-state index contributed by atoms with van der Waals surface area (Å²) in [7, 11) is 1.98. The van der Waals surface area contributed by atoms with Gasteiger partial charge in [0.05, 0.1) is 12.3 Å². The minimum absolute atomic E-state index is 0.152. The predicted octanol–water partition coefficient (Wildman–Crippen LogP) is 4.28. The fourth-order valence-electron chi connectivity index (χ4n) is 2.61. The molecule has 2 aromatic rings. The van der Waals surface area contributed by atoms with Gasteiger partial charge in [-0.3, -0.25) is 0 Å². The molecule has 2 nitrogen and oxygen atoms in total. The molecule has 96 valence electrons. The number of aryl methyl sites for hydroxylation is 3. The maximum absolute atomic E-state index is 5.35. The van der Waals surface area contributed by atoms with Gasteiger partial charge in [-0.1, -0.05) is 17.7 Å². The van der Waals surface area contributed by atoms with Crippen molar-refractivity contribution in [1.82, 2.24) is 5.32 Å². The molecule has 1 heterocycles. The third-order valence-corrected chi connectivity index (χ3v) is 3.92. The standard InChI is InChI=1S/C15H18BrNO/c1-9-7-10(2)13(11(3)8-9)14(17-4)12-5-6-18-15(12)16/h5-8,14,17H,1-4H3. The van der Waals surface area contributed by atoms with Gasteiger partial charge < -0.3 is 9.73 Å². The van der Waals surface area contributed by atoms with E-state index in [1.165, 1.54) is 22.3 Å². The van der Waals surface area contributed by atoms with E-state index in [0.717, 1.165) is 10.2 Å². The molecule has 0 bridgehead atoms. The molecule has 0 spiro atoms. The second kappa shape index (κ2) is 5.29. The van der Waals surface area contributed by atoms with Gasteiger partial charge in [0.1, 0.15) is 0 Å². The van der Waals surface area contributed by atoms with Crippen molar-refractivity contribution < 1.29 is 4.42 Å². The minimum Gasteiger partial charge on any atom is -0.457 e. The van der Waals surface area contributed by atoms with Gasteiger partial charge in [-0.25, -0.2) is 0 Å². The summed E-state index contributed by atoms with van der Waals surface area (Å²) in [5, 5.41) is 3.37. The topological polar surface area (TPSA) is 25.2 Å². The van der Waals surface area contributed by atoms with E-state index in [0.29, 0.717) is 0 Å². The zero-order valence-corrected chi connectivity index (χ0v) is 12.8. The molecule has 0 saturated heterocycles. The lowest BCUT2D eigenvalue weighted by Crippen LogP contribution is -2.19. The summed E-state index contributed by atoms with van der Waals surface area (Å²) in [5.41, 5.74) is 6.37. The van der Waals surface area contributed by atoms with Gasteiger partial charge in [-0.15, -0.1) is 0 Å². The largest absolute Gasteiger partial charge is 0.457 e. The van der Waals surface area contributed by atoms with E-state index in [9.17, 15) is 0 Å². The van der Waals surface area contributed by atoms with Crippen molar-refractivity contribution in [1.29, 1.82) is 0 Å². The van der Waals surface area contributed by atoms with Gasteiger partial charge in [0.2, 0.25) is 0 Å². The Labute approximate surface area is 117 Å². The summed E-state index contributed by atoms with van der Waals surface area (Å²) in [6, 6.07) is 6.60. The Morgan fingerprint density at radius 2 is 1.78 bits per heavy atom. The molecule has 3 heteroatoms. The van der Waals surface area contributed by atoms with Crippen LogP contribution in [0, 0.1) is 20.8 Å². The highest BCUT2D eigenvalue weighted by Gasteiger charge is 2.20. The van der Waals surface area contributed by atoms with Crippen LogP contribution in [0.3, 0.4) is 0 Å². The highest BCUT2D eigenvalue weighted by molar-refractivity contribution is 9.10. The van der Waals surface area contributed by atoms with E-state index in [1.54, 1.807) is 6.26 Å². The fraction of sp³-hybridized carbons (Fsp3) is 0.333. The molecule has 1 N–H and O–H groups in total. The first-order chi connectivity index (χ1) is 8.54. The Bertz CT molecular complexity index is 536. The lowest BCUT2D eigenvalue weighted by atomic mass is 9.91. The fourth-order valence-corrected chi connectivity index (χ4v) is 3.08. The lowest BCUT2D eigenvalue weighted by Gasteiger charge is -2.21. The van der Waals surface area contributed by atoms with E-state index in [-0.39, 0.29) is 6.04 Å². The monoisotopic (exact) mass is 307 g/mol. The molecule has 1 aromatic heterocycles. The number of benzene rings is 1. The van der Waals surface area contributed by atoms with Gasteiger partial charge in [-0.05, 0) is 66.5 Å². The normalized spacial score (nSPS) is 12.7. The number of hydrogen-bond donors (Lipinski definition) is 1. The number of furan rings is 1. The first-order valence-corrected chi connectivity index (χ1v) is 6.81. The number of hydrogen-bond acceptors (Lipinski definition) is 2. The van der Waals surface area contributed by atoms with E-state index in [1.807, 2.05) is 13.1 Å². The maximum atomic E-state index is 5.35. The Morgan fingerprint density at radius 1 is 1.17 bits per heavy atom. The van der Waals surface area contributed by atoms with Crippen LogP contribution < -0.4 is 5.32 Å². The second-order valence-corrected chi connectivity index (χ2v) is 5.40. The summed E-state index contributed by atoms with van der Waals surface area (Å²) < 4.78 is 6.14. The molecule has 0 saturated carbocycles. The molecule has 18 heavy (non-hydrogen) atoms. The molecule has 0 aliphatic heterocycles. The van der Waals surface area contributed by atoms with Crippen LogP contribution in [0.25, 0.3) is 0 Å². The van der Waals surface area contributed by atoms with Gasteiger partial charge >= 0.3 is 0 Å². The predicted molar refractivity (Wildman–Crippen MR) is 78.0 cm³/mol. The van der Waals surface area contributed by atoms with Crippen LogP contribution in [0.5, 0.6) is 0 Å². The van der Waals surface area contributed by atoms with Crippen molar-refractivity contribution in [3.8, 4) is 0 Å². The molecule has 1 aromatic carbocycles. The van der Waals surface area contributed by atoms with E-state index in [4.69, 9.17) is 4.42 Å². The number of halogens is 1. The Balaban J connectivity index is 2.56. The van der Waals surface area contributed by atoms with Gasteiger partial charge in [0, 0.05) is 5.56 Å². The van der Waals surface area contributed by atoms with Crippen molar-refractivity contribution in [3.63, 3.8) is 0 Å². The first kappa shape index (κ1) is 13.4. The average molecular weight is 308 g/mol. The Morgan fingerprint density at radius 3 is 2.22 bits per heavy atom. The molecule has 0 aliphatic rings. The molecule has 2 rings (SSSR count). The smallest absolute Gasteiger partial charge is 0.174 e. The van der Waals surface area contributed by atoms with Crippen LogP contribution in [-0.2, 0) is 0 Å². The lowest BCUT2D eigenvalue weighted by molar-refractivity contribution is 0.530. The summed E-state index contributed by atoms with van der Waals surface area (Å²) in [4.78, 5) is 0. The van der Waals surface area contributed by atoms with Crippen molar-refractivity contribution in [2.45, 2.75) is 26.8 Å². The average Bonchev–Trinajstić information content (AvgIpc) is 2.69. The maximum Gasteiger partial charge on any atom is 0.174 e. The molecular weight excluding hydrogens is 290 g/mol. The Hall–Kier alpha value is -1.06. The van der Waals surface area contributed by atoms with Crippen LogP contribution in [0.15, 0.2) is 33.5 Å². The van der Waals surface area contributed by atoms with Crippen LogP contribution in [-0.4, -0.2) is 7.05 Å². The minimum atomic E-state index is 0.152. The molecule has 1 unspecified atom stereocenters. The summed E-state index contributed by atoms with van der Waals surface area (Å²) >= 11 is 3.46. The highest BCUT2D eigenvalue weighted by atomic mass is 79.9. The van der Waals surface area contributed by atoms with Gasteiger partial charge in [-0.2, -0.15) is 0 Å². The second-order valence-electron chi connectivity index (χ2n) is 4.68. The zero-order chi connectivity index (χ0) is 13.3. The summed E-state index contributed by atoms with van der Waals surface area (Å²) in [6.45, 7) is 6.45. The van der Waals surface area contributed by atoms with Crippen LogP contribution in [0.1, 0.15) is 33.9 Å². The van der Waals surface area contributed by atoms with E-state index >= 15 is 0 Å². The van der Waals surface area contributed by atoms with Crippen molar-refractivity contribution in [2.75, 3.05) is 7.05 Å². The molecular formula is C15H18BrNO. The first-order valence-electron chi connectivity index (χ1n) is 6.02. The van der Waals surface area contributed by atoms with E-state index in [2.05, 4.69) is 54.2 Å². The number of nitrogens with one attached hydrogen (secondary N) is 1. The molecule has 0 radical (unpaired) electrons. The highest BCUT2D eigenvalue weighted by Crippen LogP contribution is 2.33. The molecule has 0 amide bonds. The quantitative estimate of drug-likeness (QED) is 0.915. The van der Waals surface area contributed by atoms with Crippen molar-refractivity contribution in [2.24, 2.45) is 0 Å². The SMILES string of the molecule is CNC(c1ccoc1Br)c1c(C)cc(C)cc1C. The summed E-state index contributed by atoms with van der Waals surface area (Å²) in [6.07, 6.45) is 1.71. The molecule has 0 fully saturated rings. The van der Waals surface area contributed by atoms with Gasteiger partial charge in [0.25, 0.3) is 0 Å². The summed E-state index contributed by atoms with van der Waals surface area (Å²) in [5.74, 6) is 0.